The van der Waals surface area contributed by atoms with Crippen LogP contribution < -0.4 is 10.1 Å². The minimum atomic E-state index is -0.783. The van der Waals surface area contributed by atoms with Crippen LogP contribution in [0, 0.1) is 25.6 Å². The van der Waals surface area contributed by atoms with Crippen molar-refractivity contribution in [2.45, 2.75) is 69.2 Å². The van der Waals surface area contributed by atoms with Crippen LogP contribution in [0.15, 0.2) is 76.1 Å². The smallest absolute Gasteiger partial charge is 0.258 e. The zero-order valence-corrected chi connectivity index (χ0v) is 24.8. The van der Waals surface area contributed by atoms with E-state index >= 15 is 0 Å². The highest BCUT2D eigenvalue weighted by atomic mass is 79.9. The van der Waals surface area contributed by atoms with Gasteiger partial charge in [0.1, 0.15) is 11.6 Å². The van der Waals surface area contributed by atoms with E-state index in [1.807, 2.05) is 56.3 Å². The van der Waals surface area contributed by atoms with Crippen LogP contribution >= 0.6 is 27.7 Å². The third-order valence-electron chi connectivity index (χ3n) is 6.27. The topological polar surface area (TPSA) is 58.6 Å². The highest BCUT2D eigenvalue weighted by Crippen LogP contribution is 2.32. The van der Waals surface area contributed by atoms with Gasteiger partial charge in [-0.05, 0) is 92.1 Å². The molecule has 0 spiro atoms. The van der Waals surface area contributed by atoms with Crippen molar-refractivity contribution in [3.05, 3.63) is 93.7 Å². The average Bonchev–Trinajstić information content (AvgIpc) is 2.84. The lowest BCUT2D eigenvalue weighted by Gasteiger charge is -2.28. The summed E-state index contributed by atoms with van der Waals surface area (Å²) in [7, 11) is 0. The van der Waals surface area contributed by atoms with Crippen LogP contribution in [0.4, 0.5) is 4.39 Å². The summed E-state index contributed by atoms with van der Waals surface area (Å²) in [5, 5.41) is 14.6. The molecule has 204 valence electrons. The van der Waals surface area contributed by atoms with Gasteiger partial charge in [-0.25, -0.2) is 4.39 Å². The molecule has 2 N–H and O–H groups in total. The Kier molecular flexibility index (Phi) is 11.7. The molecule has 0 saturated heterocycles. The van der Waals surface area contributed by atoms with Gasteiger partial charge in [0.25, 0.3) is 5.91 Å². The minimum Gasteiger partial charge on any atom is -0.483 e. The summed E-state index contributed by atoms with van der Waals surface area (Å²) >= 11 is 5.15. The largest absolute Gasteiger partial charge is 0.483 e. The van der Waals surface area contributed by atoms with Crippen LogP contribution in [0.5, 0.6) is 5.75 Å². The lowest BCUT2D eigenvalue weighted by atomic mass is 9.95. The fourth-order valence-corrected chi connectivity index (χ4v) is 6.37. The van der Waals surface area contributed by atoms with E-state index in [9.17, 15) is 14.3 Å². The number of benzene rings is 3. The molecule has 38 heavy (non-hydrogen) atoms. The van der Waals surface area contributed by atoms with Crippen LogP contribution in [0.1, 0.15) is 43.4 Å². The third kappa shape index (κ3) is 9.75. The minimum absolute atomic E-state index is 0.100. The number of aliphatic hydroxyl groups is 1. The van der Waals surface area contributed by atoms with E-state index in [2.05, 4.69) is 35.1 Å². The van der Waals surface area contributed by atoms with Gasteiger partial charge in [-0.3, -0.25) is 4.79 Å². The zero-order chi connectivity index (χ0) is 27.7. The standard InChI is InChI=1S/C31H37BrFNO3S/c1-20(2)15-27(38-26-13-11-25(33)12-14-26)18-29(35)28(17-23-9-6-10-24(32)16-23)34-30(36)19-37-31-21(3)7-5-8-22(31)4/h5-14,16,20,27-29,35H,15,17-19H2,1-4H3,(H,34,36)/t27-,28+,29-/m1/s1. The average molecular weight is 603 g/mol. The summed E-state index contributed by atoms with van der Waals surface area (Å²) in [4.78, 5) is 14.0. The highest BCUT2D eigenvalue weighted by molar-refractivity contribution is 9.10. The molecule has 0 aliphatic heterocycles. The molecule has 7 heteroatoms. The van der Waals surface area contributed by atoms with Gasteiger partial charge < -0.3 is 15.2 Å². The number of ether oxygens (including phenoxy) is 1. The van der Waals surface area contributed by atoms with Crippen LogP contribution in [0.3, 0.4) is 0 Å². The van der Waals surface area contributed by atoms with Crippen molar-refractivity contribution < 1.29 is 19.0 Å². The van der Waals surface area contributed by atoms with E-state index < -0.39 is 12.1 Å². The van der Waals surface area contributed by atoms with Gasteiger partial charge in [0.15, 0.2) is 6.61 Å². The van der Waals surface area contributed by atoms with Crippen molar-refractivity contribution in [1.29, 1.82) is 0 Å². The SMILES string of the molecule is Cc1cccc(C)c1OCC(=O)N[C@@H](Cc1cccc(Br)c1)[C@H](O)C[C@@H](CC(C)C)Sc1ccc(F)cc1. The monoisotopic (exact) mass is 601 g/mol. The Morgan fingerprint density at radius 3 is 2.32 bits per heavy atom. The fraction of sp³-hybridized carbons (Fsp3) is 0.387. The third-order valence-corrected chi connectivity index (χ3v) is 8.02. The number of aryl methyl sites for hydroxylation is 2. The molecule has 3 rings (SSSR count). The summed E-state index contributed by atoms with van der Waals surface area (Å²) in [6, 6.07) is 19.7. The summed E-state index contributed by atoms with van der Waals surface area (Å²) in [5.74, 6) is 0.580. The predicted octanol–water partition coefficient (Wildman–Crippen LogP) is 7.27. The van der Waals surface area contributed by atoms with Crippen LogP contribution in [0.2, 0.25) is 0 Å². The molecule has 3 aromatic carbocycles. The molecule has 0 heterocycles. The molecule has 0 radical (unpaired) electrons. The predicted molar refractivity (Wildman–Crippen MR) is 157 cm³/mol. The Labute approximate surface area is 238 Å². The number of para-hydroxylation sites is 1. The maximum absolute atomic E-state index is 13.4. The second-order valence-corrected chi connectivity index (χ2v) is 12.4. The molecule has 3 aromatic rings. The van der Waals surface area contributed by atoms with Crippen molar-refractivity contribution >= 4 is 33.6 Å². The molecule has 1 amide bonds. The number of carbonyl (C=O) groups is 1. The molecular weight excluding hydrogens is 565 g/mol. The van der Waals surface area contributed by atoms with Crippen LogP contribution in [-0.2, 0) is 11.2 Å². The molecule has 0 saturated carbocycles. The van der Waals surface area contributed by atoms with Gasteiger partial charge in [0, 0.05) is 14.6 Å². The lowest BCUT2D eigenvalue weighted by molar-refractivity contribution is -0.124. The van der Waals surface area contributed by atoms with E-state index in [1.54, 1.807) is 23.9 Å². The Bertz CT molecular complexity index is 1170. The molecule has 4 nitrogen and oxygen atoms in total. The first-order chi connectivity index (χ1) is 18.1. The summed E-state index contributed by atoms with van der Waals surface area (Å²) in [5.41, 5.74) is 2.95. The molecular formula is C31H37BrFNO3S. The zero-order valence-electron chi connectivity index (χ0n) is 22.4. The normalized spacial score (nSPS) is 13.7. The number of hydrogen-bond acceptors (Lipinski definition) is 4. The fourth-order valence-electron chi connectivity index (χ4n) is 4.47. The van der Waals surface area contributed by atoms with Crippen molar-refractivity contribution in [1.82, 2.24) is 5.32 Å². The maximum atomic E-state index is 13.4. The van der Waals surface area contributed by atoms with Crippen molar-refractivity contribution in [2.75, 3.05) is 6.61 Å². The van der Waals surface area contributed by atoms with Gasteiger partial charge in [0.2, 0.25) is 0 Å². The van der Waals surface area contributed by atoms with E-state index in [-0.39, 0.29) is 23.6 Å². The Balaban J connectivity index is 1.74. The number of thioether (sulfide) groups is 1. The van der Waals surface area contributed by atoms with Crippen molar-refractivity contribution in [3.63, 3.8) is 0 Å². The van der Waals surface area contributed by atoms with Gasteiger partial charge in [-0.2, -0.15) is 0 Å². The first kappa shape index (κ1) is 30.2. The van der Waals surface area contributed by atoms with E-state index in [0.717, 1.165) is 32.5 Å². The second-order valence-electron chi connectivity index (χ2n) is 10.1. The lowest BCUT2D eigenvalue weighted by Crippen LogP contribution is -2.47. The van der Waals surface area contributed by atoms with Crippen molar-refractivity contribution in [3.8, 4) is 5.75 Å². The Morgan fingerprint density at radius 1 is 1.03 bits per heavy atom. The first-order valence-electron chi connectivity index (χ1n) is 12.9. The van der Waals surface area contributed by atoms with Crippen LogP contribution in [0.25, 0.3) is 0 Å². The molecule has 0 unspecified atom stereocenters. The van der Waals surface area contributed by atoms with Crippen molar-refractivity contribution in [2.24, 2.45) is 5.92 Å². The number of carbonyl (C=O) groups excluding carboxylic acids is 1. The molecule has 0 aliphatic rings. The summed E-state index contributed by atoms with van der Waals surface area (Å²) < 4.78 is 20.2. The maximum Gasteiger partial charge on any atom is 0.258 e. The summed E-state index contributed by atoms with van der Waals surface area (Å²) in [6.07, 6.45) is 1.06. The molecule has 0 fully saturated rings. The summed E-state index contributed by atoms with van der Waals surface area (Å²) in [6.45, 7) is 8.07. The van der Waals surface area contributed by atoms with Crippen LogP contribution in [-0.4, -0.2) is 35.0 Å². The van der Waals surface area contributed by atoms with Gasteiger partial charge in [-0.15, -0.1) is 11.8 Å². The Morgan fingerprint density at radius 2 is 1.68 bits per heavy atom. The molecule has 0 aromatic heterocycles. The number of aliphatic hydroxyl groups excluding tert-OH is 1. The van der Waals surface area contributed by atoms with E-state index in [4.69, 9.17) is 4.74 Å². The molecule has 0 bridgehead atoms. The number of nitrogens with one attached hydrogen (secondary N) is 1. The van der Waals surface area contributed by atoms with Gasteiger partial charge in [-0.1, -0.05) is 60.1 Å². The highest BCUT2D eigenvalue weighted by Gasteiger charge is 2.26. The number of rotatable bonds is 13. The quantitative estimate of drug-likeness (QED) is 0.202. The van der Waals surface area contributed by atoms with E-state index in [0.29, 0.717) is 24.5 Å². The number of halogens is 2. The first-order valence-corrected chi connectivity index (χ1v) is 14.6. The van der Waals surface area contributed by atoms with E-state index in [1.165, 1.54) is 12.1 Å². The number of amides is 1. The Hall–Kier alpha value is -2.35. The van der Waals surface area contributed by atoms with Gasteiger partial charge in [0.05, 0.1) is 12.1 Å². The second kappa shape index (κ2) is 14.7. The number of hydrogen-bond donors (Lipinski definition) is 2. The van der Waals surface area contributed by atoms with Gasteiger partial charge >= 0.3 is 0 Å². The molecule has 0 aliphatic carbocycles. The molecule has 3 atom stereocenters.